The van der Waals surface area contributed by atoms with Gasteiger partial charge in [-0.1, -0.05) is 20.8 Å². The number of β-amino-alcohol motifs (C(OH)–C–C–N with tert-alkyl or cyclic N) is 1. The molecule has 102 valence electrons. The van der Waals surface area contributed by atoms with Crippen LogP contribution in [-0.2, 0) is 16.7 Å². The summed E-state index contributed by atoms with van der Waals surface area (Å²) < 4.78 is 5.32. The quantitative estimate of drug-likeness (QED) is 0.822. The Morgan fingerprint density at radius 2 is 2.33 bits per heavy atom. The van der Waals surface area contributed by atoms with Gasteiger partial charge in [-0.3, -0.25) is 10.00 Å². The van der Waals surface area contributed by atoms with E-state index in [4.69, 9.17) is 4.74 Å². The van der Waals surface area contributed by atoms with E-state index in [0.717, 1.165) is 24.5 Å². The first-order chi connectivity index (χ1) is 8.45. The van der Waals surface area contributed by atoms with Gasteiger partial charge < -0.3 is 9.84 Å². The molecule has 5 nitrogen and oxygen atoms in total. The minimum Gasteiger partial charge on any atom is -0.389 e. The predicted octanol–water partition coefficient (Wildman–Crippen LogP) is 0.900. The molecule has 0 radical (unpaired) electrons. The fourth-order valence-corrected chi connectivity index (χ4v) is 2.07. The molecular weight excluding hydrogens is 230 g/mol. The molecule has 0 amide bonds. The van der Waals surface area contributed by atoms with Gasteiger partial charge >= 0.3 is 0 Å². The van der Waals surface area contributed by atoms with E-state index < -0.39 is 6.10 Å². The van der Waals surface area contributed by atoms with Gasteiger partial charge in [0.05, 0.1) is 25.0 Å². The van der Waals surface area contributed by atoms with Crippen molar-refractivity contribution in [2.45, 2.75) is 38.8 Å². The van der Waals surface area contributed by atoms with Crippen molar-refractivity contribution in [1.29, 1.82) is 0 Å². The van der Waals surface area contributed by atoms with E-state index in [0.29, 0.717) is 19.8 Å². The van der Waals surface area contributed by atoms with Crippen LogP contribution in [0.25, 0.3) is 0 Å². The number of ether oxygens (including phenoxy) is 1. The highest BCUT2D eigenvalue weighted by Gasteiger charge is 2.20. The van der Waals surface area contributed by atoms with Gasteiger partial charge in [0.1, 0.15) is 0 Å². The number of rotatable bonds is 2. The van der Waals surface area contributed by atoms with Crippen molar-refractivity contribution in [2.24, 2.45) is 0 Å². The monoisotopic (exact) mass is 253 g/mol. The average molecular weight is 253 g/mol. The maximum Gasteiger partial charge on any atom is 0.0900 e. The van der Waals surface area contributed by atoms with Crippen molar-refractivity contribution < 1.29 is 9.84 Å². The van der Waals surface area contributed by atoms with Gasteiger partial charge in [-0.05, 0) is 6.07 Å². The molecule has 2 rings (SSSR count). The van der Waals surface area contributed by atoms with E-state index >= 15 is 0 Å². The maximum atomic E-state index is 9.68. The Kier molecular flexibility index (Phi) is 4.04. The van der Waals surface area contributed by atoms with Crippen molar-refractivity contribution in [3.05, 3.63) is 17.5 Å². The summed E-state index contributed by atoms with van der Waals surface area (Å²) in [6.07, 6.45) is -0.391. The van der Waals surface area contributed by atoms with E-state index in [1.54, 1.807) is 0 Å². The maximum absolute atomic E-state index is 9.68. The van der Waals surface area contributed by atoms with Gasteiger partial charge in [0.25, 0.3) is 0 Å². The van der Waals surface area contributed by atoms with E-state index in [1.165, 1.54) is 0 Å². The molecule has 2 N–H and O–H groups in total. The lowest BCUT2D eigenvalue weighted by atomic mass is 9.92. The van der Waals surface area contributed by atoms with Crippen molar-refractivity contribution in [3.63, 3.8) is 0 Å². The molecule has 0 spiro atoms. The Balaban J connectivity index is 1.98. The van der Waals surface area contributed by atoms with Crippen LogP contribution in [0.4, 0.5) is 0 Å². The Morgan fingerprint density at radius 3 is 3.00 bits per heavy atom. The number of nitrogens with one attached hydrogen (secondary N) is 1. The minimum atomic E-state index is -0.391. The summed E-state index contributed by atoms with van der Waals surface area (Å²) >= 11 is 0. The molecular formula is C13H23N3O2. The first-order valence-electron chi connectivity index (χ1n) is 6.48. The van der Waals surface area contributed by atoms with Crippen LogP contribution in [-0.4, -0.2) is 52.6 Å². The highest BCUT2D eigenvalue weighted by molar-refractivity contribution is 5.16. The van der Waals surface area contributed by atoms with Crippen LogP contribution in [0, 0.1) is 0 Å². The van der Waals surface area contributed by atoms with Crippen LogP contribution < -0.4 is 0 Å². The second-order valence-corrected chi connectivity index (χ2v) is 5.99. The van der Waals surface area contributed by atoms with Crippen LogP contribution in [0.2, 0.25) is 0 Å². The molecule has 1 aromatic rings. The summed E-state index contributed by atoms with van der Waals surface area (Å²) in [4.78, 5) is 2.19. The number of hydrogen-bond acceptors (Lipinski definition) is 4. The minimum absolute atomic E-state index is 0.0656. The molecule has 5 heteroatoms. The van der Waals surface area contributed by atoms with Crippen LogP contribution in [0.15, 0.2) is 6.07 Å². The SMILES string of the molecule is CC(C)(C)c1cc(CN2CCOC[C@@H](O)C2)[nH]n1. The molecule has 0 bridgehead atoms. The molecule has 1 aromatic heterocycles. The van der Waals surface area contributed by atoms with E-state index in [1.807, 2.05) is 0 Å². The number of nitrogens with zero attached hydrogens (tertiary/aromatic N) is 2. The highest BCUT2D eigenvalue weighted by atomic mass is 16.5. The summed E-state index contributed by atoms with van der Waals surface area (Å²) in [6.45, 7) is 9.85. The first-order valence-corrected chi connectivity index (χ1v) is 6.48. The lowest BCUT2D eigenvalue weighted by Gasteiger charge is -2.19. The van der Waals surface area contributed by atoms with Crippen LogP contribution in [0.1, 0.15) is 32.2 Å². The highest BCUT2D eigenvalue weighted by Crippen LogP contribution is 2.20. The Labute approximate surface area is 108 Å². The zero-order chi connectivity index (χ0) is 13.2. The third-order valence-electron chi connectivity index (χ3n) is 3.12. The summed E-state index contributed by atoms with van der Waals surface area (Å²) in [6, 6.07) is 2.11. The lowest BCUT2D eigenvalue weighted by molar-refractivity contribution is 0.0562. The second-order valence-electron chi connectivity index (χ2n) is 5.99. The topological polar surface area (TPSA) is 61.4 Å². The number of aromatic amines is 1. The molecule has 18 heavy (non-hydrogen) atoms. The molecule has 0 aromatic carbocycles. The number of hydrogen-bond donors (Lipinski definition) is 2. The number of aliphatic hydroxyl groups excluding tert-OH is 1. The van der Waals surface area contributed by atoms with Crippen LogP contribution in [0.3, 0.4) is 0 Å². The molecule has 1 aliphatic heterocycles. The van der Waals surface area contributed by atoms with E-state index in [2.05, 4.69) is 41.9 Å². The number of aromatic nitrogens is 2. The zero-order valence-corrected chi connectivity index (χ0v) is 11.4. The molecule has 0 unspecified atom stereocenters. The fraction of sp³-hybridized carbons (Fsp3) is 0.769. The van der Waals surface area contributed by atoms with Gasteiger partial charge in [0.15, 0.2) is 0 Å². The van der Waals surface area contributed by atoms with Crippen LogP contribution in [0.5, 0.6) is 0 Å². The summed E-state index contributed by atoms with van der Waals surface area (Å²) in [5.74, 6) is 0. The average Bonchev–Trinajstić information content (AvgIpc) is 2.63. The fourth-order valence-electron chi connectivity index (χ4n) is 2.07. The standard InChI is InChI=1S/C13H23N3O2/c1-13(2,3)12-6-10(14-15-12)7-16-4-5-18-9-11(17)8-16/h6,11,17H,4-5,7-9H2,1-3H3,(H,14,15)/t11-/m0/s1. The molecule has 1 atom stereocenters. The smallest absolute Gasteiger partial charge is 0.0900 e. The molecule has 1 aliphatic rings. The second kappa shape index (κ2) is 5.38. The van der Waals surface area contributed by atoms with Crippen molar-refractivity contribution >= 4 is 0 Å². The summed E-state index contributed by atoms with van der Waals surface area (Å²) in [7, 11) is 0. The van der Waals surface area contributed by atoms with E-state index in [9.17, 15) is 5.11 Å². The predicted molar refractivity (Wildman–Crippen MR) is 69.4 cm³/mol. The Bertz CT molecular complexity index is 384. The number of aliphatic hydroxyl groups is 1. The molecule has 1 fully saturated rings. The largest absolute Gasteiger partial charge is 0.389 e. The van der Waals surface area contributed by atoms with Gasteiger partial charge in [0, 0.05) is 30.7 Å². The van der Waals surface area contributed by atoms with Crippen molar-refractivity contribution in [2.75, 3.05) is 26.3 Å². The third kappa shape index (κ3) is 3.54. The van der Waals surface area contributed by atoms with Crippen molar-refractivity contribution in [1.82, 2.24) is 15.1 Å². The number of H-pyrrole nitrogens is 1. The zero-order valence-electron chi connectivity index (χ0n) is 11.4. The van der Waals surface area contributed by atoms with E-state index in [-0.39, 0.29) is 5.41 Å². The molecule has 0 saturated carbocycles. The third-order valence-corrected chi connectivity index (χ3v) is 3.12. The molecule has 2 heterocycles. The van der Waals surface area contributed by atoms with Gasteiger partial charge in [-0.2, -0.15) is 5.10 Å². The summed E-state index contributed by atoms with van der Waals surface area (Å²) in [5, 5.41) is 17.1. The Hall–Kier alpha value is -0.910. The van der Waals surface area contributed by atoms with Crippen molar-refractivity contribution in [3.8, 4) is 0 Å². The van der Waals surface area contributed by atoms with Gasteiger partial charge in [-0.25, -0.2) is 0 Å². The van der Waals surface area contributed by atoms with Crippen LogP contribution >= 0.6 is 0 Å². The summed E-state index contributed by atoms with van der Waals surface area (Å²) in [5.41, 5.74) is 2.23. The van der Waals surface area contributed by atoms with Gasteiger partial charge in [0.2, 0.25) is 0 Å². The Morgan fingerprint density at radius 1 is 1.56 bits per heavy atom. The normalized spacial score (nSPS) is 23.0. The molecule has 1 saturated heterocycles. The van der Waals surface area contributed by atoms with Gasteiger partial charge in [-0.15, -0.1) is 0 Å². The molecule has 0 aliphatic carbocycles. The lowest BCUT2D eigenvalue weighted by Crippen LogP contribution is -2.32. The first kappa shape index (κ1) is 13.5.